The van der Waals surface area contributed by atoms with E-state index in [1.54, 1.807) is 18.2 Å². The minimum atomic E-state index is -3.71. The van der Waals surface area contributed by atoms with Crippen molar-refractivity contribution >= 4 is 41.9 Å². The van der Waals surface area contributed by atoms with Crippen molar-refractivity contribution in [2.45, 2.75) is 42.5 Å². The van der Waals surface area contributed by atoms with Gasteiger partial charge in [0.1, 0.15) is 5.54 Å². The third-order valence-electron chi connectivity index (χ3n) is 4.02. The van der Waals surface area contributed by atoms with Gasteiger partial charge in [-0.2, -0.15) is 9.57 Å². The van der Waals surface area contributed by atoms with Gasteiger partial charge in [0.15, 0.2) is 0 Å². The summed E-state index contributed by atoms with van der Waals surface area (Å²) >= 11 is 6.61. The number of nitriles is 1. The quantitative estimate of drug-likeness (QED) is 0.719. The Morgan fingerprint density at radius 3 is 2.38 bits per heavy atom. The van der Waals surface area contributed by atoms with Crippen molar-refractivity contribution in [1.82, 2.24) is 4.31 Å². The number of rotatable bonds is 3. The molecule has 0 atom stereocenters. The molecule has 1 saturated carbocycles. The van der Waals surface area contributed by atoms with Gasteiger partial charge in [-0.3, -0.25) is 0 Å². The van der Waals surface area contributed by atoms with Crippen LogP contribution in [0.15, 0.2) is 32.0 Å². The zero-order chi connectivity index (χ0) is 15.7. The van der Waals surface area contributed by atoms with Crippen molar-refractivity contribution in [1.29, 1.82) is 5.26 Å². The molecule has 0 amide bonds. The minimum Gasteiger partial charge on any atom is -0.207 e. The predicted octanol–water partition coefficient (Wildman–Crippen LogP) is 4.06. The van der Waals surface area contributed by atoms with E-state index >= 15 is 0 Å². The van der Waals surface area contributed by atoms with E-state index in [1.807, 2.05) is 0 Å². The van der Waals surface area contributed by atoms with Crippen molar-refractivity contribution in [2.75, 3.05) is 7.05 Å². The Morgan fingerprint density at radius 1 is 1.24 bits per heavy atom. The lowest BCUT2D eigenvalue weighted by molar-refractivity contribution is 0.212. The van der Waals surface area contributed by atoms with Gasteiger partial charge in [-0.15, -0.1) is 0 Å². The molecule has 0 aromatic heterocycles. The highest BCUT2D eigenvalue weighted by Gasteiger charge is 2.43. The zero-order valence-electron chi connectivity index (χ0n) is 11.6. The molecule has 2 rings (SSSR count). The average Bonchev–Trinajstić information content (AvgIpc) is 2.46. The van der Waals surface area contributed by atoms with Crippen molar-refractivity contribution in [3.63, 3.8) is 0 Å². The van der Waals surface area contributed by atoms with Crippen LogP contribution in [0.25, 0.3) is 0 Å². The molecule has 0 saturated heterocycles. The molecular formula is C14H16Br2N2O2S. The van der Waals surface area contributed by atoms with Crippen LogP contribution in [0.2, 0.25) is 0 Å². The second-order valence-electron chi connectivity index (χ2n) is 5.25. The van der Waals surface area contributed by atoms with E-state index in [9.17, 15) is 13.7 Å². The van der Waals surface area contributed by atoms with Crippen LogP contribution in [0.1, 0.15) is 32.1 Å². The minimum absolute atomic E-state index is 0.188. The first-order valence-electron chi connectivity index (χ1n) is 6.69. The van der Waals surface area contributed by atoms with Crippen LogP contribution in [0.3, 0.4) is 0 Å². The molecule has 0 bridgehead atoms. The van der Waals surface area contributed by atoms with Gasteiger partial charge in [0.2, 0.25) is 10.0 Å². The van der Waals surface area contributed by atoms with Crippen molar-refractivity contribution < 1.29 is 8.42 Å². The standard InChI is InChI=1S/C14H16Br2N2O2S/c1-18(14(10-17)7-3-2-4-8-14)21(19,20)13-6-5-11(15)9-12(13)16/h5-6,9H,2-4,7-8H2,1H3. The van der Waals surface area contributed by atoms with Crippen LogP contribution in [-0.4, -0.2) is 25.3 Å². The predicted molar refractivity (Wildman–Crippen MR) is 88.2 cm³/mol. The van der Waals surface area contributed by atoms with E-state index in [-0.39, 0.29) is 4.90 Å². The fourth-order valence-corrected chi connectivity index (χ4v) is 5.88. The Bertz CT molecular complexity index is 677. The van der Waals surface area contributed by atoms with Gasteiger partial charge in [0, 0.05) is 16.0 Å². The Hall–Kier alpha value is -0.420. The SMILES string of the molecule is CN(C1(C#N)CCCCC1)S(=O)(=O)c1ccc(Br)cc1Br. The summed E-state index contributed by atoms with van der Waals surface area (Å²) in [6.07, 6.45) is 4.00. The topological polar surface area (TPSA) is 61.2 Å². The first kappa shape index (κ1) is 16.9. The lowest BCUT2D eigenvalue weighted by Gasteiger charge is -2.38. The van der Waals surface area contributed by atoms with Crippen molar-refractivity contribution in [2.24, 2.45) is 0 Å². The average molecular weight is 436 g/mol. The van der Waals surface area contributed by atoms with Crippen LogP contribution in [-0.2, 0) is 10.0 Å². The molecule has 0 N–H and O–H groups in total. The van der Waals surface area contributed by atoms with Crippen LogP contribution < -0.4 is 0 Å². The number of hydrogen-bond acceptors (Lipinski definition) is 3. The molecule has 1 aromatic rings. The molecule has 0 heterocycles. The highest BCUT2D eigenvalue weighted by atomic mass is 79.9. The van der Waals surface area contributed by atoms with Gasteiger partial charge in [-0.05, 0) is 47.0 Å². The van der Waals surface area contributed by atoms with Crippen LogP contribution in [0.5, 0.6) is 0 Å². The van der Waals surface area contributed by atoms with E-state index in [1.165, 1.54) is 11.4 Å². The van der Waals surface area contributed by atoms with Gasteiger partial charge in [0.05, 0.1) is 11.0 Å². The number of sulfonamides is 1. The Morgan fingerprint density at radius 2 is 1.86 bits per heavy atom. The Balaban J connectivity index is 2.45. The summed E-state index contributed by atoms with van der Waals surface area (Å²) in [6, 6.07) is 7.18. The fourth-order valence-electron chi connectivity index (χ4n) is 2.70. The lowest BCUT2D eigenvalue weighted by atomic mass is 9.83. The van der Waals surface area contributed by atoms with E-state index in [0.29, 0.717) is 17.3 Å². The summed E-state index contributed by atoms with van der Waals surface area (Å²) in [4.78, 5) is 0.188. The lowest BCUT2D eigenvalue weighted by Crippen LogP contribution is -2.49. The summed E-state index contributed by atoms with van der Waals surface area (Å²) in [5, 5.41) is 9.56. The first-order valence-corrected chi connectivity index (χ1v) is 9.71. The van der Waals surface area contributed by atoms with Crippen LogP contribution in [0, 0.1) is 11.3 Å². The monoisotopic (exact) mass is 434 g/mol. The van der Waals surface area contributed by atoms with Gasteiger partial charge >= 0.3 is 0 Å². The normalized spacial score (nSPS) is 18.4. The molecule has 0 spiro atoms. The molecular weight excluding hydrogens is 420 g/mol. The van der Waals surface area contributed by atoms with E-state index < -0.39 is 15.6 Å². The van der Waals surface area contributed by atoms with Crippen molar-refractivity contribution in [3.05, 3.63) is 27.1 Å². The summed E-state index contributed by atoms with van der Waals surface area (Å²) in [5.74, 6) is 0. The molecule has 0 radical (unpaired) electrons. The molecule has 1 aliphatic carbocycles. The molecule has 7 heteroatoms. The van der Waals surface area contributed by atoms with Gasteiger partial charge in [0.25, 0.3) is 0 Å². The molecule has 4 nitrogen and oxygen atoms in total. The summed E-state index contributed by atoms with van der Waals surface area (Å²) in [7, 11) is -2.20. The van der Waals surface area contributed by atoms with E-state index in [2.05, 4.69) is 37.9 Å². The highest BCUT2D eigenvalue weighted by molar-refractivity contribution is 9.11. The number of halogens is 2. The molecule has 1 aliphatic rings. The third kappa shape index (κ3) is 3.19. The third-order valence-corrected chi connectivity index (χ3v) is 7.42. The Labute approximate surface area is 142 Å². The van der Waals surface area contributed by atoms with Gasteiger partial charge in [-0.25, -0.2) is 8.42 Å². The molecule has 1 fully saturated rings. The summed E-state index contributed by atoms with van der Waals surface area (Å²) in [5.41, 5.74) is -0.927. The molecule has 114 valence electrons. The number of benzene rings is 1. The smallest absolute Gasteiger partial charge is 0.207 e. The Kier molecular flexibility index (Phi) is 5.14. The highest BCUT2D eigenvalue weighted by Crippen LogP contribution is 2.37. The maximum absolute atomic E-state index is 12.9. The largest absolute Gasteiger partial charge is 0.245 e. The second kappa shape index (κ2) is 6.37. The maximum Gasteiger partial charge on any atom is 0.245 e. The molecule has 21 heavy (non-hydrogen) atoms. The fraction of sp³-hybridized carbons (Fsp3) is 0.500. The molecule has 0 unspecified atom stereocenters. The van der Waals surface area contributed by atoms with E-state index in [4.69, 9.17) is 0 Å². The second-order valence-corrected chi connectivity index (χ2v) is 8.96. The number of nitrogens with zero attached hydrogens (tertiary/aromatic N) is 2. The van der Waals surface area contributed by atoms with Gasteiger partial charge in [-0.1, -0.05) is 35.2 Å². The zero-order valence-corrected chi connectivity index (χ0v) is 15.6. The van der Waals surface area contributed by atoms with E-state index in [0.717, 1.165) is 23.7 Å². The number of hydrogen-bond donors (Lipinski definition) is 0. The summed E-state index contributed by atoms with van der Waals surface area (Å²) in [6.45, 7) is 0. The molecule has 0 aliphatic heterocycles. The maximum atomic E-state index is 12.9. The summed E-state index contributed by atoms with van der Waals surface area (Å²) < 4.78 is 28.3. The molecule has 1 aromatic carbocycles. The van der Waals surface area contributed by atoms with Crippen LogP contribution in [0.4, 0.5) is 0 Å². The van der Waals surface area contributed by atoms with Crippen LogP contribution >= 0.6 is 31.9 Å². The van der Waals surface area contributed by atoms with Gasteiger partial charge < -0.3 is 0 Å². The first-order chi connectivity index (χ1) is 9.83. The van der Waals surface area contributed by atoms with Crippen molar-refractivity contribution in [3.8, 4) is 6.07 Å².